The highest BCUT2D eigenvalue weighted by Crippen LogP contribution is 2.17. The number of hydrogen-bond donors (Lipinski definition) is 2. The van der Waals surface area contributed by atoms with Gasteiger partial charge in [-0.1, -0.05) is 15.9 Å². The summed E-state index contributed by atoms with van der Waals surface area (Å²) in [5, 5.41) is 11.8. The number of anilines is 1. The van der Waals surface area contributed by atoms with Gasteiger partial charge < -0.3 is 10.4 Å². The molecule has 2 N–H and O–H groups in total. The molecule has 2 aromatic rings. The lowest BCUT2D eigenvalue weighted by Gasteiger charge is -2.08. The first-order valence-electron chi connectivity index (χ1n) is 5.57. The number of carbonyl (C=O) groups is 1. The number of carboxylic acids is 1. The predicted molar refractivity (Wildman–Crippen MR) is 74.8 cm³/mol. The van der Waals surface area contributed by atoms with Crippen LogP contribution in [0.3, 0.4) is 0 Å². The van der Waals surface area contributed by atoms with Gasteiger partial charge in [0, 0.05) is 22.3 Å². The fourth-order valence-corrected chi connectivity index (χ4v) is 2.02. The van der Waals surface area contributed by atoms with Gasteiger partial charge >= 0.3 is 5.97 Å². The molecule has 0 atom stereocenters. The summed E-state index contributed by atoms with van der Waals surface area (Å²) in [4.78, 5) is 10.7. The number of rotatable bonds is 4. The Bertz CT molecular complexity index is 599. The minimum Gasteiger partial charge on any atom is -0.478 e. The largest absolute Gasteiger partial charge is 0.478 e. The quantitative estimate of drug-likeness (QED) is 0.897. The predicted octanol–water partition coefficient (Wildman–Crippen LogP) is 3.90. The molecule has 2 rings (SSSR count). The van der Waals surface area contributed by atoms with E-state index in [-0.39, 0.29) is 11.4 Å². The van der Waals surface area contributed by atoms with Crippen molar-refractivity contribution in [2.75, 3.05) is 5.32 Å². The summed E-state index contributed by atoms with van der Waals surface area (Å²) >= 11 is 3.29. The third kappa shape index (κ3) is 3.54. The summed E-state index contributed by atoms with van der Waals surface area (Å²) in [5.74, 6) is -1.25. The molecule has 3 nitrogen and oxygen atoms in total. The van der Waals surface area contributed by atoms with Crippen molar-refractivity contribution in [1.82, 2.24) is 0 Å². The first kappa shape index (κ1) is 13.5. The van der Waals surface area contributed by atoms with E-state index in [9.17, 15) is 9.18 Å². The Hall–Kier alpha value is -1.88. The van der Waals surface area contributed by atoms with Crippen LogP contribution in [-0.4, -0.2) is 11.1 Å². The first-order chi connectivity index (χ1) is 9.06. The van der Waals surface area contributed by atoms with E-state index < -0.39 is 5.97 Å². The van der Waals surface area contributed by atoms with E-state index in [0.717, 1.165) is 10.2 Å². The molecule has 0 aromatic heterocycles. The van der Waals surface area contributed by atoms with Gasteiger partial charge in [-0.05, 0) is 42.5 Å². The minimum atomic E-state index is -0.968. The van der Waals surface area contributed by atoms with Crippen LogP contribution in [0.15, 0.2) is 46.9 Å². The van der Waals surface area contributed by atoms with Crippen LogP contribution in [0.1, 0.15) is 15.9 Å². The van der Waals surface area contributed by atoms with Crippen molar-refractivity contribution in [2.45, 2.75) is 6.54 Å². The lowest BCUT2D eigenvalue weighted by atomic mass is 10.2. The van der Waals surface area contributed by atoms with Crippen LogP contribution >= 0.6 is 15.9 Å². The molecule has 0 heterocycles. The molecule has 0 unspecified atom stereocenters. The zero-order valence-electron chi connectivity index (χ0n) is 9.86. The number of carboxylic acid groups (broad SMARTS) is 1. The number of nitrogens with one attached hydrogen (secondary N) is 1. The maximum Gasteiger partial charge on any atom is 0.335 e. The summed E-state index contributed by atoms with van der Waals surface area (Å²) in [6, 6.07) is 11.0. The SMILES string of the molecule is O=C(O)c1ccc(NCc2cc(Br)ccc2F)cc1. The second kappa shape index (κ2) is 5.84. The Balaban J connectivity index is 2.06. The van der Waals surface area contributed by atoms with Crippen molar-refractivity contribution < 1.29 is 14.3 Å². The van der Waals surface area contributed by atoms with Gasteiger partial charge in [-0.2, -0.15) is 0 Å². The average molecular weight is 324 g/mol. The van der Waals surface area contributed by atoms with Gasteiger partial charge in [0.15, 0.2) is 0 Å². The molecule has 0 saturated carbocycles. The van der Waals surface area contributed by atoms with Crippen LogP contribution in [0.5, 0.6) is 0 Å². The number of hydrogen-bond acceptors (Lipinski definition) is 2. The number of benzene rings is 2. The molecular formula is C14H11BrFNO2. The molecule has 0 aliphatic heterocycles. The van der Waals surface area contributed by atoms with Gasteiger partial charge in [0.1, 0.15) is 5.82 Å². The van der Waals surface area contributed by atoms with Crippen molar-refractivity contribution in [3.63, 3.8) is 0 Å². The summed E-state index contributed by atoms with van der Waals surface area (Å²) in [7, 11) is 0. The van der Waals surface area contributed by atoms with E-state index in [0.29, 0.717) is 12.1 Å². The maximum atomic E-state index is 13.5. The fraction of sp³-hybridized carbons (Fsp3) is 0.0714. The van der Waals surface area contributed by atoms with Crippen molar-refractivity contribution in [3.05, 3.63) is 63.9 Å². The van der Waals surface area contributed by atoms with Gasteiger partial charge in [0.05, 0.1) is 5.56 Å². The zero-order chi connectivity index (χ0) is 13.8. The molecule has 0 spiro atoms. The van der Waals surface area contributed by atoms with Crippen LogP contribution in [0.2, 0.25) is 0 Å². The van der Waals surface area contributed by atoms with Gasteiger partial charge in [0.2, 0.25) is 0 Å². The Kier molecular flexibility index (Phi) is 4.16. The molecule has 2 aromatic carbocycles. The molecule has 0 bridgehead atoms. The molecule has 0 radical (unpaired) electrons. The van der Waals surface area contributed by atoms with Crippen molar-refractivity contribution in [3.8, 4) is 0 Å². The molecule has 19 heavy (non-hydrogen) atoms. The maximum absolute atomic E-state index is 13.5. The molecular weight excluding hydrogens is 313 g/mol. The van der Waals surface area contributed by atoms with Crippen LogP contribution in [-0.2, 0) is 6.54 Å². The molecule has 98 valence electrons. The summed E-state index contributed by atoms with van der Waals surface area (Å²) in [5.41, 5.74) is 1.50. The molecule has 0 aliphatic rings. The fourth-order valence-electron chi connectivity index (χ4n) is 1.61. The topological polar surface area (TPSA) is 49.3 Å². The lowest BCUT2D eigenvalue weighted by molar-refractivity contribution is 0.0697. The van der Waals surface area contributed by atoms with Crippen molar-refractivity contribution in [1.29, 1.82) is 0 Å². The normalized spacial score (nSPS) is 10.2. The van der Waals surface area contributed by atoms with E-state index in [4.69, 9.17) is 5.11 Å². The van der Waals surface area contributed by atoms with Gasteiger partial charge in [-0.3, -0.25) is 0 Å². The molecule has 0 aliphatic carbocycles. The zero-order valence-corrected chi connectivity index (χ0v) is 11.4. The monoisotopic (exact) mass is 323 g/mol. The highest BCUT2D eigenvalue weighted by atomic mass is 79.9. The van der Waals surface area contributed by atoms with E-state index in [1.54, 1.807) is 24.3 Å². The Labute approximate surface area is 118 Å². The highest BCUT2D eigenvalue weighted by molar-refractivity contribution is 9.10. The Morgan fingerprint density at radius 3 is 2.53 bits per heavy atom. The molecule has 0 fully saturated rings. The summed E-state index contributed by atoms with van der Waals surface area (Å²) < 4.78 is 14.3. The van der Waals surface area contributed by atoms with E-state index in [1.165, 1.54) is 18.2 Å². The van der Waals surface area contributed by atoms with Gasteiger partial charge in [0.25, 0.3) is 0 Å². The third-order valence-corrected chi connectivity index (χ3v) is 3.12. The minimum absolute atomic E-state index is 0.221. The molecule has 0 saturated heterocycles. The van der Waals surface area contributed by atoms with Crippen LogP contribution in [0.25, 0.3) is 0 Å². The van der Waals surface area contributed by atoms with Crippen LogP contribution in [0.4, 0.5) is 10.1 Å². The molecule has 0 amide bonds. The van der Waals surface area contributed by atoms with Gasteiger partial charge in [-0.25, -0.2) is 9.18 Å². The second-order valence-corrected chi connectivity index (χ2v) is 4.89. The standard InChI is InChI=1S/C14H11BrFNO2/c15-11-3-6-13(16)10(7-11)8-17-12-4-1-9(2-5-12)14(18)19/h1-7,17H,8H2,(H,18,19). The number of halogens is 2. The molecule has 5 heteroatoms. The Morgan fingerprint density at radius 1 is 1.21 bits per heavy atom. The van der Waals surface area contributed by atoms with E-state index in [1.807, 2.05) is 0 Å². The first-order valence-corrected chi connectivity index (χ1v) is 6.37. The second-order valence-electron chi connectivity index (χ2n) is 3.97. The highest BCUT2D eigenvalue weighted by Gasteiger charge is 2.04. The summed E-state index contributed by atoms with van der Waals surface area (Å²) in [6.07, 6.45) is 0. The third-order valence-electron chi connectivity index (χ3n) is 2.62. The van der Waals surface area contributed by atoms with Crippen LogP contribution in [0, 0.1) is 5.82 Å². The average Bonchev–Trinajstić information content (AvgIpc) is 2.40. The lowest BCUT2D eigenvalue weighted by Crippen LogP contribution is -2.02. The Morgan fingerprint density at radius 2 is 1.89 bits per heavy atom. The van der Waals surface area contributed by atoms with Crippen molar-refractivity contribution in [2.24, 2.45) is 0 Å². The van der Waals surface area contributed by atoms with Gasteiger partial charge in [-0.15, -0.1) is 0 Å². The van der Waals surface area contributed by atoms with E-state index >= 15 is 0 Å². The van der Waals surface area contributed by atoms with Crippen molar-refractivity contribution >= 4 is 27.6 Å². The smallest absolute Gasteiger partial charge is 0.335 e. The van der Waals surface area contributed by atoms with Crippen LogP contribution < -0.4 is 5.32 Å². The van der Waals surface area contributed by atoms with E-state index in [2.05, 4.69) is 21.2 Å². The summed E-state index contributed by atoms with van der Waals surface area (Å²) in [6.45, 7) is 0.331. The number of aromatic carboxylic acids is 1.